The second-order valence-electron chi connectivity index (χ2n) is 4.33. The van der Waals surface area contributed by atoms with Crippen molar-refractivity contribution in [3.63, 3.8) is 0 Å². The van der Waals surface area contributed by atoms with Gasteiger partial charge in [0.2, 0.25) is 5.12 Å². The van der Waals surface area contributed by atoms with Gasteiger partial charge in [0.1, 0.15) is 0 Å². The van der Waals surface area contributed by atoms with Crippen LogP contribution in [0, 0.1) is 5.92 Å². The Morgan fingerprint density at radius 1 is 1.31 bits per heavy atom. The van der Waals surface area contributed by atoms with E-state index < -0.39 is 0 Å². The van der Waals surface area contributed by atoms with Crippen LogP contribution in [0.15, 0.2) is 30.3 Å². The monoisotopic (exact) mass is 237 g/mol. The summed E-state index contributed by atoms with van der Waals surface area (Å²) in [7, 11) is 0. The van der Waals surface area contributed by atoms with Crippen molar-refractivity contribution in [2.45, 2.75) is 32.1 Å². The second-order valence-corrected chi connectivity index (χ2v) is 5.31. The number of hydrogen-bond donors (Lipinski definition) is 1. The predicted molar refractivity (Wildman–Crippen MR) is 70.2 cm³/mol. The third-order valence-electron chi connectivity index (χ3n) is 2.25. The molecule has 0 bridgehead atoms. The fourth-order valence-corrected chi connectivity index (χ4v) is 2.25. The third kappa shape index (κ3) is 4.81. The highest BCUT2D eigenvalue weighted by atomic mass is 32.2. The minimum atomic E-state index is -0.325. The van der Waals surface area contributed by atoms with Crippen LogP contribution in [0.5, 0.6) is 0 Å². The van der Waals surface area contributed by atoms with Crippen LogP contribution in [0.3, 0.4) is 0 Å². The van der Waals surface area contributed by atoms with Gasteiger partial charge in [-0.1, -0.05) is 55.9 Å². The average Bonchev–Trinajstić information content (AvgIpc) is 2.26. The molecule has 0 aromatic heterocycles. The van der Waals surface area contributed by atoms with Gasteiger partial charge in [-0.05, 0) is 17.9 Å². The van der Waals surface area contributed by atoms with Gasteiger partial charge in [0.15, 0.2) is 0 Å². The van der Waals surface area contributed by atoms with E-state index in [2.05, 4.69) is 13.8 Å². The number of benzene rings is 1. The molecular formula is C13H19NOS. The van der Waals surface area contributed by atoms with Crippen molar-refractivity contribution >= 4 is 16.9 Å². The maximum Gasteiger partial charge on any atom is 0.205 e. The molecule has 3 heteroatoms. The predicted octanol–water partition coefficient (Wildman–Crippen LogP) is 2.82. The Kier molecular flexibility index (Phi) is 5.56. The molecule has 0 unspecified atom stereocenters. The summed E-state index contributed by atoms with van der Waals surface area (Å²) in [5.41, 5.74) is 6.98. The molecule has 0 aliphatic carbocycles. The van der Waals surface area contributed by atoms with Crippen molar-refractivity contribution < 1.29 is 4.79 Å². The lowest BCUT2D eigenvalue weighted by molar-refractivity contribution is -0.112. The van der Waals surface area contributed by atoms with E-state index >= 15 is 0 Å². The summed E-state index contributed by atoms with van der Waals surface area (Å²) in [6, 6.07) is 9.65. The molecule has 1 aromatic rings. The fourth-order valence-electron chi connectivity index (χ4n) is 1.44. The van der Waals surface area contributed by atoms with Crippen LogP contribution in [-0.4, -0.2) is 11.2 Å². The summed E-state index contributed by atoms with van der Waals surface area (Å²) in [5, 5.41) is 0.0950. The smallest absolute Gasteiger partial charge is 0.205 e. The van der Waals surface area contributed by atoms with Crippen LogP contribution < -0.4 is 5.73 Å². The summed E-state index contributed by atoms with van der Waals surface area (Å²) >= 11 is 1.32. The molecule has 0 aliphatic rings. The lowest BCUT2D eigenvalue weighted by atomic mass is 10.1. The first-order valence-corrected chi connectivity index (χ1v) is 6.54. The highest BCUT2D eigenvalue weighted by Crippen LogP contribution is 2.16. The van der Waals surface area contributed by atoms with E-state index in [0.29, 0.717) is 11.7 Å². The molecule has 16 heavy (non-hydrogen) atoms. The minimum absolute atomic E-state index is 0.0950. The van der Waals surface area contributed by atoms with Crippen LogP contribution in [0.25, 0.3) is 0 Å². The first-order valence-electron chi connectivity index (χ1n) is 5.55. The van der Waals surface area contributed by atoms with Gasteiger partial charge < -0.3 is 5.73 Å². The van der Waals surface area contributed by atoms with Gasteiger partial charge in [0.05, 0.1) is 6.04 Å². The van der Waals surface area contributed by atoms with Gasteiger partial charge in [-0.15, -0.1) is 0 Å². The van der Waals surface area contributed by atoms with Crippen molar-refractivity contribution in [1.82, 2.24) is 0 Å². The molecule has 0 spiro atoms. The second kappa shape index (κ2) is 6.71. The van der Waals surface area contributed by atoms with Crippen molar-refractivity contribution in [2.75, 3.05) is 0 Å². The van der Waals surface area contributed by atoms with Gasteiger partial charge in [-0.25, -0.2) is 0 Å². The quantitative estimate of drug-likeness (QED) is 0.856. The first kappa shape index (κ1) is 13.3. The summed E-state index contributed by atoms with van der Waals surface area (Å²) in [4.78, 5) is 11.7. The van der Waals surface area contributed by atoms with E-state index in [-0.39, 0.29) is 11.2 Å². The molecule has 0 saturated heterocycles. The highest BCUT2D eigenvalue weighted by Gasteiger charge is 2.15. The fraction of sp³-hybridized carbons (Fsp3) is 0.462. The Bertz CT molecular complexity index is 324. The van der Waals surface area contributed by atoms with Gasteiger partial charge in [-0.3, -0.25) is 4.79 Å². The van der Waals surface area contributed by atoms with E-state index in [1.54, 1.807) is 0 Å². The van der Waals surface area contributed by atoms with Crippen LogP contribution in [0.2, 0.25) is 0 Å². The summed E-state index contributed by atoms with van der Waals surface area (Å²) in [6.45, 7) is 4.16. The van der Waals surface area contributed by atoms with Crippen molar-refractivity contribution in [1.29, 1.82) is 0 Å². The lowest BCUT2D eigenvalue weighted by Crippen LogP contribution is -2.29. The molecule has 2 N–H and O–H groups in total. The van der Waals surface area contributed by atoms with Crippen molar-refractivity contribution in [3.05, 3.63) is 35.9 Å². The Labute approximate surface area is 102 Å². The van der Waals surface area contributed by atoms with Crippen LogP contribution in [0.4, 0.5) is 0 Å². The SMILES string of the molecule is CC(C)C[C@H](N)C(=O)SCc1ccccc1. The molecule has 0 fully saturated rings. The summed E-state index contributed by atoms with van der Waals surface area (Å²) < 4.78 is 0. The standard InChI is InChI=1S/C13H19NOS/c1-10(2)8-12(14)13(15)16-9-11-6-4-3-5-7-11/h3-7,10,12H,8-9,14H2,1-2H3/t12-/m0/s1. The van der Waals surface area contributed by atoms with E-state index in [0.717, 1.165) is 12.0 Å². The zero-order valence-electron chi connectivity index (χ0n) is 9.85. The molecule has 2 nitrogen and oxygen atoms in total. The normalized spacial score (nSPS) is 12.8. The number of nitrogens with two attached hydrogens (primary N) is 1. The molecule has 0 amide bonds. The molecule has 88 valence electrons. The Hall–Kier alpha value is -0.800. The molecule has 0 saturated carbocycles. The van der Waals surface area contributed by atoms with Crippen LogP contribution in [0.1, 0.15) is 25.8 Å². The number of carbonyl (C=O) groups excluding carboxylic acids is 1. The number of hydrogen-bond acceptors (Lipinski definition) is 3. The maximum absolute atomic E-state index is 11.7. The molecule has 0 radical (unpaired) electrons. The minimum Gasteiger partial charge on any atom is -0.321 e. The van der Waals surface area contributed by atoms with Crippen LogP contribution >= 0.6 is 11.8 Å². The third-order valence-corrected chi connectivity index (χ3v) is 3.32. The molecule has 1 rings (SSSR count). The maximum atomic E-state index is 11.7. The Balaban J connectivity index is 2.35. The Morgan fingerprint density at radius 3 is 2.50 bits per heavy atom. The first-order chi connectivity index (χ1) is 7.59. The van der Waals surface area contributed by atoms with E-state index in [9.17, 15) is 4.79 Å². The van der Waals surface area contributed by atoms with Gasteiger partial charge in [0, 0.05) is 5.75 Å². The van der Waals surface area contributed by atoms with Gasteiger partial charge in [0.25, 0.3) is 0 Å². The zero-order valence-corrected chi connectivity index (χ0v) is 10.7. The van der Waals surface area contributed by atoms with Gasteiger partial charge in [-0.2, -0.15) is 0 Å². The number of carbonyl (C=O) groups is 1. The molecule has 1 aromatic carbocycles. The molecule has 0 aliphatic heterocycles. The van der Waals surface area contributed by atoms with E-state index in [4.69, 9.17) is 5.73 Å². The number of rotatable bonds is 5. The van der Waals surface area contributed by atoms with E-state index in [1.165, 1.54) is 11.8 Å². The largest absolute Gasteiger partial charge is 0.321 e. The highest BCUT2D eigenvalue weighted by molar-refractivity contribution is 8.13. The lowest BCUT2D eigenvalue weighted by Gasteiger charge is -2.12. The van der Waals surface area contributed by atoms with Crippen molar-refractivity contribution in [2.24, 2.45) is 11.7 Å². The van der Waals surface area contributed by atoms with Crippen LogP contribution in [-0.2, 0) is 10.5 Å². The average molecular weight is 237 g/mol. The summed E-state index contributed by atoms with van der Waals surface area (Å²) in [5.74, 6) is 1.18. The Morgan fingerprint density at radius 2 is 1.94 bits per heavy atom. The van der Waals surface area contributed by atoms with Crippen molar-refractivity contribution in [3.8, 4) is 0 Å². The van der Waals surface area contributed by atoms with Gasteiger partial charge >= 0.3 is 0 Å². The zero-order chi connectivity index (χ0) is 12.0. The molecular weight excluding hydrogens is 218 g/mol. The summed E-state index contributed by atoms with van der Waals surface area (Å²) in [6.07, 6.45) is 0.765. The topological polar surface area (TPSA) is 43.1 Å². The molecule has 1 atom stereocenters. The number of thioether (sulfide) groups is 1. The van der Waals surface area contributed by atoms with E-state index in [1.807, 2.05) is 30.3 Å². The molecule has 0 heterocycles.